The molecule has 0 aromatic carbocycles. The first-order valence-corrected chi connectivity index (χ1v) is 13.3. The summed E-state index contributed by atoms with van der Waals surface area (Å²) in [7, 11) is 0. The number of hydrogen-bond donors (Lipinski definition) is 2. The van der Waals surface area contributed by atoms with Crippen LogP contribution >= 0.6 is 0 Å². The van der Waals surface area contributed by atoms with Crippen molar-refractivity contribution < 1.29 is 4.74 Å². The summed E-state index contributed by atoms with van der Waals surface area (Å²) in [4.78, 5) is 12.0. The lowest BCUT2D eigenvalue weighted by atomic mass is 10.0. The van der Waals surface area contributed by atoms with E-state index in [4.69, 9.17) is 25.5 Å². The zero-order chi connectivity index (χ0) is 25.4. The van der Waals surface area contributed by atoms with E-state index in [1.807, 2.05) is 35.4 Å². The van der Waals surface area contributed by atoms with Gasteiger partial charge in [-0.05, 0) is 51.7 Å². The molecule has 0 unspecified atom stereocenters. The molecule has 0 aliphatic carbocycles. The van der Waals surface area contributed by atoms with E-state index in [-0.39, 0.29) is 12.1 Å². The lowest BCUT2D eigenvalue weighted by molar-refractivity contribution is 0.0662. The standard InChI is InChI=1S/C27H35N9O/c1-18(2)36-27-19(13-31-36)5-6-25(33-27)32-26-12-24(34-9-3-4-21(28)17-34)23(15-29-26)20-14-30-35(16-20)22-7-10-37-11-8-22/h5-6,12-16,18,21-22H,3-4,7-11,17,28H2,1-2H3,(H,29,32,33)/t21-/m0/s1. The zero-order valence-corrected chi connectivity index (χ0v) is 21.5. The van der Waals surface area contributed by atoms with E-state index in [0.29, 0.717) is 6.04 Å². The van der Waals surface area contributed by atoms with Gasteiger partial charge in [0.05, 0.1) is 18.4 Å². The van der Waals surface area contributed by atoms with Gasteiger partial charge in [-0.3, -0.25) is 4.68 Å². The SMILES string of the molecule is CC(C)n1ncc2ccc(Nc3cc(N4CCC[C@H](N)C4)c(-c4cnn(C5CCOCC5)c4)cn3)nc21. The molecule has 10 heteroatoms. The number of piperidine rings is 1. The van der Waals surface area contributed by atoms with Crippen LogP contribution in [0.5, 0.6) is 0 Å². The third-order valence-corrected chi connectivity index (χ3v) is 7.35. The van der Waals surface area contributed by atoms with Crippen LogP contribution in [0.2, 0.25) is 0 Å². The van der Waals surface area contributed by atoms with E-state index in [0.717, 1.165) is 91.5 Å². The fraction of sp³-hybridized carbons (Fsp3) is 0.481. The maximum atomic E-state index is 6.38. The molecule has 0 amide bonds. The van der Waals surface area contributed by atoms with Crippen LogP contribution in [0, 0.1) is 0 Å². The second-order valence-corrected chi connectivity index (χ2v) is 10.4. The van der Waals surface area contributed by atoms with Crippen molar-refractivity contribution in [2.24, 2.45) is 5.73 Å². The van der Waals surface area contributed by atoms with Crippen LogP contribution in [0.1, 0.15) is 51.6 Å². The lowest BCUT2D eigenvalue weighted by Gasteiger charge is -2.34. The van der Waals surface area contributed by atoms with E-state index in [2.05, 4.69) is 46.1 Å². The number of fused-ring (bicyclic) bond motifs is 1. The fourth-order valence-corrected chi connectivity index (χ4v) is 5.35. The predicted molar refractivity (Wildman–Crippen MR) is 145 cm³/mol. The average Bonchev–Trinajstić information content (AvgIpc) is 3.57. The van der Waals surface area contributed by atoms with Crippen molar-refractivity contribution in [2.45, 2.75) is 57.7 Å². The van der Waals surface area contributed by atoms with Gasteiger partial charge in [-0.15, -0.1) is 0 Å². The molecular weight excluding hydrogens is 466 g/mol. The third-order valence-electron chi connectivity index (χ3n) is 7.35. The number of nitrogens with two attached hydrogens (primary N) is 1. The maximum absolute atomic E-state index is 6.38. The molecule has 2 saturated heterocycles. The second-order valence-electron chi connectivity index (χ2n) is 10.4. The Morgan fingerprint density at radius 3 is 2.73 bits per heavy atom. The average molecular weight is 502 g/mol. The second kappa shape index (κ2) is 10.1. The van der Waals surface area contributed by atoms with Crippen LogP contribution in [-0.4, -0.2) is 61.9 Å². The third kappa shape index (κ3) is 4.91. The Balaban J connectivity index is 1.33. The van der Waals surface area contributed by atoms with Crippen LogP contribution in [0.25, 0.3) is 22.2 Å². The van der Waals surface area contributed by atoms with E-state index in [1.54, 1.807) is 0 Å². The highest BCUT2D eigenvalue weighted by Gasteiger charge is 2.23. The van der Waals surface area contributed by atoms with Crippen LogP contribution in [0.3, 0.4) is 0 Å². The number of anilines is 3. The van der Waals surface area contributed by atoms with Gasteiger partial charge in [-0.25, -0.2) is 14.6 Å². The summed E-state index contributed by atoms with van der Waals surface area (Å²) in [6.45, 7) is 7.58. The van der Waals surface area contributed by atoms with Gasteiger partial charge < -0.3 is 20.7 Å². The number of hydrogen-bond acceptors (Lipinski definition) is 8. The van der Waals surface area contributed by atoms with E-state index in [9.17, 15) is 0 Å². The largest absolute Gasteiger partial charge is 0.381 e. The highest BCUT2D eigenvalue weighted by molar-refractivity contribution is 5.81. The molecule has 4 aromatic heterocycles. The van der Waals surface area contributed by atoms with Gasteiger partial charge in [0.25, 0.3) is 0 Å². The first kappa shape index (κ1) is 23.9. The minimum Gasteiger partial charge on any atom is -0.381 e. The van der Waals surface area contributed by atoms with Gasteiger partial charge in [-0.1, -0.05) is 0 Å². The number of nitrogens with one attached hydrogen (secondary N) is 1. The smallest absolute Gasteiger partial charge is 0.160 e. The molecule has 0 spiro atoms. The zero-order valence-electron chi connectivity index (χ0n) is 21.5. The van der Waals surface area contributed by atoms with Gasteiger partial charge >= 0.3 is 0 Å². The Bertz CT molecular complexity index is 1370. The molecule has 0 saturated carbocycles. The van der Waals surface area contributed by atoms with Crippen LogP contribution in [0.4, 0.5) is 17.3 Å². The lowest BCUT2D eigenvalue weighted by Crippen LogP contribution is -2.43. The normalized spacial score (nSPS) is 19.1. The molecule has 6 heterocycles. The van der Waals surface area contributed by atoms with Gasteiger partial charge in [0.2, 0.25) is 0 Å². The molecule has 10 nitrogen and oxygen atoms in total. The first-order valence-electron chi connectivity index (χ1n) is 13.3. The summed E-state index contributed by atoms with van der Waals surface area (Å²) in [5.74, 6) is 1.49. The number of nitrogens with zero attached hydrogens (tertiary/aromatic N) is 7. The Morgan fingerprint density at radius 2 is 1.92 bits per heavy atom. The Labute approximate surface area is 216 Å². The minimum absolute atomic E-state index is 0.163. The number of pyridine rings is 2. The molecule has 0 bridgehead atoms. The highest BCUT2D eigenvalue weighted by Crippen LogP contribution is 2.35. The topological polar surface area (TPSA) is 112 Å². The molecule has 1 atom stereocenters. The van der Waals surface area contributed by atoms with E-state index < -0.39 is 0 Å². The van der Waals surface area contributed by atoms with Crippen LogP contribution in [-0.2, 0) is 4.74 Å². The van der Waals surface area contributed by atoms with Gasteiger partial charge in [0, 0.05) is 79.0 Å². The van der Waals surface area contributed by atoms with Crippen LogP contribution < -0.4 is 16.0 Å². The van der Waals surface area contributed by atoms with Crippen molar-refractivity contribution in [3.05, 3.63) is 43.0 Å². The minimum atomic E-state index is 0.163. The molecular formula is C27H35N9O. The quantitative estimate of drug-likeness (QED) is 0.402. The van der Waals surface area contributed by atoms with Gasteiger partial charge in [-0.2, -0.15) is 10.2 Å². The predicted octanol–water partition coefficient (Wildman–Crippen LogP) is 4.29. The van der Waals surface area contributed by atoms with Crippen molar-refractivity contribution in [1.29, 1.82) is 0 Å². The molecule has 3 N–H and O–H groups in total. The maximum Gasteiger partial charge on any atom is 0.160 e. The molecule has 2 aliphatic rings. The summed E-state index contributed by atoms with van der Waals surface area (Å²) in [5.41, 5.74) is 10.5. The Hall–Kier alpha value is -3.50. The fourth-order valence-electron chi connectivity index (χ4n) is 5.35. The molecule has 0 radical (unpaired) electrons. The summed E-state index contributed by atoms with van der Waals surface area (Å²) in [6, 6.07) is 6.90. The molecule has 2 aliphatic heterocycles. The van der Waals surface area contributed by atoms with Gasteiger partial charge in [0.1, 0.15) is 11.6 Å². The molecule has 194 valence electrons. The van der Waals surface area contributed by atoms with E-state index >= 15 is 0 Å². The monoisotopic (exact) mass is 501 g/mol. The summed E-state index contributed by atoms with van der Waals surface area (Å²) >= 11 is 0. The summed E-state index contributed by atoms with van der Waals surface area (Å²) in [5, 5.41) is 13.6. The highest BCUT2D eigenvalue weighted by atomic mass is 16.5. The van der Waals surface area contributed by atoms with Crippen LogP contribution in [0.15, 0.2) is 43.0 Å². The number of ether oxygens (including phenoxy) is 1. The van der Waals surface area contributed by atoms with Crippen molar-refractivity contribution in [3.63, 3.8) is 0 Å². The Kier molecular flexibility index (Phi) is 6.52. The van der Waals surface area contributed by atoms with Crippen molar-refractivity contribution in [1.82, 2.24) is 29.5 Å². The van der Waals surface area contributed by atoms with E-state index in [1.165, 1.54) is 0 Å². The molecule has 2 fully saturated rings. The molecule has 37 heavy (non-hydrogen) atoms. The number of aromatic nitrogens is 6. The Morgan fingerprint density at radius 1 is 1.05 bits per heavy atom. The summed E-state index contributed by atoms with van der Waals surface area (Å²) in [6.07, 6.45) is 12.0. The van der Waals surface area contributed by atoms with Crippen molar-refractivity contribution in [3.8, 4) is 11.1 Å². The molecule has 6 rings (SSSR count). The van der Waals surface area contributed by atoms with Crippen molar-refractivity contribution >= 4 is 28.4 Å². The van der Waals surface area contributed by atoms with Gasteiger partial charge in [0.15, 0.2) is 5.65 Å². The van der Waals surface area contributed by atoms with Crippen molar-refractivity contribution in [2.75, 3.05) is 36.5 Å². The first-order chi connectivity index (χ1) is 18.0. The number of rotatable bonds is 6. The molecule has 4 aromatic rings. The summed E-state index contributed by atoms with van der Waals surface area (Å²) < 4.78 is 9.56.